The van der Waals surface area contributed by atoms with Crippen molar-refractivity contribution in [3.05, 3.63) is 52.0 Å². The van der Waals surface area contributed by atoms with Crippen molar-refractivity contribution >= 4 is 29.0 Å². The Morgan fingerprint density at radius 2 is 2.00 bits per heavy atom. The largest absolute Gasteiger partial charge is 0.326 e. The minimum Gasteiger partial charge on any atom is -0.325 e. The third kappa shape index (κ3) is 5.15. The molecule has 1 atom stereocenters. The lowest BCUT2D eigenvalue weighted by atomic mass is 10.3. The van der Waals surface area contributed by atoms with Crippen LogP contribution in [0.3, 0.4) is 0 Å². The predicted molar refractivity (Wildman–Crippen MR) is 88.1 cm³/mol. The van der Waals surface area contributed by atoms with Crippen molar-refractivity contribution in [2.75, 3.05) is 18.9 Å². The molecule has 1 aromatic heterocycles. The molecule has 2 rings (SSSR count). The van der Waals surface area contributed by atoms with Crippen molar-refractivity contribution in [2.24, 2.45) is 0 Å². The maximum atomic E-state index is 13.4. The van der Waals surface area contributed by atoms with Gasteiger partial charge < -0.3 is 10.2 Å². The maximum absolute atomic E-state index is 13.4. The van der Waals surface area contributed by atoms with Crippen LogP contribution in [-0.2, 0) is 11.3 Å². The Kier molecular flexibility index (Phi) is 5.84. The second-order valence-electron chi connectivity index (χ2n) is 5.32. The van der Waals surface area contributed by atoms with Crippen LogP contribution >= 0.6 is 11.3 Å². The Labute approximate surface area is 138 Å². The smallest absolute Gasteiger partial charge is 0.325 e. The lowest BCUT2D eigenvalue weighted by molar-refractivity contribution is -0.885. The number of hydrogen-bond donors (Lipinski definition) is 3. The number of quaternary nitrogens is 1. The topological polar surface area (TPSA) is 62.6 Å². The number of imide groups is 1. The van der Waals surface area contributed by atoms with Crippen molar-refractivity contribution in [2.45, 2.75) is 13.5 Å². The summed E-state index contributed by atoms with van der Waals surface area (Å²) < 4.78 is 13.4. The van der Waals surface area contributed by atoms with Gasteiger partial charge in [0.15, 0.2) is 6.54 Å². The van der Waals surface area contributed by atoms with Crippen LogP contribution in [0.2, 0.25) is 0 Å². The van der Waals surface area contributed by atoms with Gasteiger partial charge in [0.2, 0.25) is 0 Å². The first-order valence-corrected chi connectivity index (χ1v) is 8.03. The van der Waals surface area contributed by atoms with E-state index in [0.717, 1.165) is 4.90 Å². The third-order valence-electron chi connectivity index (χ3n) is 3.27. The zero-order valence-electron chi connectivity index (χ0n) is 13.0. The Balaban J connectivity index is 1.81. The van der Waals surface area contributed by atoms with Crippen LogP contribution in [0.4, 0.5) is 14.9 Å². The summed E-state index contributed by atoms with van der Waals surface area (Å²) in [6.07, 6.45) is 0. The molecule has 5 nitrogen and oxygen atoms in total. The van der Waals surface area contributed by atoms with Crippen LogP contribution in [0, 0.1) is 12.7 Å². The molecule has 0 saturated heterocycles. The molecule has 23 heavy (non-hydrogen) atoms. The van der Waals surface area contributed by atoms with E-state index in [-0.39, 0.29) is 12.2 Å². The number of para-hydroxylation sites is 1. The molecular weight excluding hydrogens is 317 g/mol. The second-order valence-corrected chi connectivity index (χ2v) is 6.32. The zero-order valence-corrected chi connectivity index (χ0v) is 13.8. The minimum absolute atomic E-state index is 0.0349. The number of hydrogen-bond acceptors (Lipinski definition) is 3. The lowest BCUT2D eigenvalue weighted by Crippen LogP contribution is -3.08. The molecule has 0 aliphatic carbocycles. The summed E-state index contributed by atoms with van der Waals surface area (Å²) in [4.78, 5) is 25.8. The van der Waals surface area contributed by atoms with E-state index in [0.29, 0.717) is 6.54 Å². The molecular formula is C16H19FN3O2S+. The molecule has 3 amide bonds. The van der Waals surface area contributed by atoms with Gasteiger partial charge in [-0.25, -0.2) is 9.18 Å². The Hall–Kier alpha value is -2.25. The highest BCUT2D eigenvalue weighted by atomic mass is 32.1. The standard InChI is InChI=1S/C16H18FN3O2S/c1-11-7-8-23-14(11)9-20(2)10-15(21)19-16(22)18-13-6-4-3-5-12(13)17/h3-8H,9-10H2,1-2H3,(H2,18,19,21,22)/p+1. The van der Waals surface area contributed by atoms with Gasteiger partial charge >= 0.3 is 6.03 Å². The van der Waals surface area contributed by atoms with E-state index in [9.17, 15) is 14.0 Å². The molecule has 7 heteroatoms. The minimum atomic E-state index is -0.736. The van der Waals surface area contributed by atoms with Gasteiger partial charge in [-0.3, -0.25) is 10.1 Å². The number of anilines is 1. The summed E-state index contributed by atoms with van der Waals surface area (Å²) in [5.41, 5.74) is 1.24. The number of carbonyl (C=O) groups is 2. The van der Waals surface area contributed by atoms with Crippen LogP contribution in [0.1, 0.15) is 10.4 Å². The van der Waals surface area contributed by atoms with E-state index in [1.165, 1.54) is 28.6 Å². The van der Waals surface area contributed by atoms with E-state index in [2.05, 4.69) is 10.6 Å². The SMILES string of the molecule is Cc1ccsc1C[NH+](C)CC(=O)NC(=O)Nc1ccccc1F. The third-order valence-corrected chi connectivity index (χ3v) is 4.29. The predicted octanol–water partition coefficient (Wildman–Crippen LogP) is 1.56. The molecule has 2 aromatic rings. The summed E-state index contributed by atoms with van der Waals surface area (Å²) in [5, 5.41) is 6.54. The molecule has 0 saturated carbocycles. The fourth-order valence-corrected chi connectivity index (χ4v) is 3.10. The number of carbonyl (C=O) groups excluding carboxylic acids is 2. The quantitative estimate of drug-likeness (QED) is 0.776. The van der Waals surface area contributed by atoms with Crippen LogP contribution in [0.5, 0.6) is 0 Å². The molecule has 0 bridgehead atoms. The Morgan fingerprint density at radius 3 is 2.65 bits per heavy atom. The lowest BCUT2D eigenvalue weighted by Gasteiger charge is -2.13. The molecule has 0 aliphatic rings. The Bertz CT molecular complexity index is 702. The van der Waals surface area contributed by atoms with E-state index in [1.807, 2.05) is 25.4 Å². The van der Waals surface area contributed by atoms with Crippen molar-refractivity contribution in [3.63, 3.8) is 0 Å². The number of thiophene rings is 1. The number of amides is 3. The van der Waals surface area contributed by atoms with E-state index in [1.54, 1.807) is 17.4 Å². The van der Waals surface area contributed by atoms with Crippen LogP contribution in [0.25, 0.3) is 0 Å². The summed E-state index contributed by atoms with van der Waals surface area (Å²) in [6.45, 7) is 2.90. The first kappa shape index (κ1) is 17.1. The highest BCUT2D eigenvalue weighted by Gasteiger charge is 2.15. The van der Waals surface area contributed by atoms with E-state index >= 15 is 0 Å². The zero-order chi connectivity index (χ0) is 16.8. The fraction of sp³-hybridized carbons (Fsp3) is 0.250. The van der Waals surface area contributed by atoms with Gasteiger partial charge in [-0.1, -0.05) is 12.1 Å². The van der Waals surface area contributed by atoms with Crippen LogP contribution in [0.15, 0.2) is 35.7 Å². The van der Waals surface area contributed by atoms with Gasteiger partial charge in [-0.05, 0) is 36.1 Å². The molecule has 0 fully saturated rings. The van der Waals surface area contributed by atoms with E-state index in [4.69, 9.17) is 0 Å². The molecule has 3 N–H and O–H groups in total. The molecule has 122 valence electrons. The van der Waals surface area contributed by atoms with Gasteiger partial charge in [0, 0.05) is 0 Å². The van der Waals surface area contributed by atoms with Gasteiger partial charge in [0.05, 0.1) is 17.6 Å². The van der Waals surface area contributed by atoms with Gasteiger partial charge in [0.25, 0.3) is 5.91 Å². The number of aryl methyl sites for hydroxylation is 1. The van der Waals surface area contributed by atoms with Crippen molar-refractivity contribution in [1.29, 1.82) is 0 Å². The summed E-state index contributed by atoms with van der Waals surface area (Å²) in [7, 11) is 1.88. The monoisotopic (exact) mass is 336 g/mol. The van der Waals surface area contributed by atoms with Crippen molar-refractivity contribution < 1.29 is 18.9 Å². The molecule has 1 unspecified atom stereocenters. The fourth-order valence-electron chi connectivity index (χ4n) is 2.08. The molecule has 0 spiro atoms. The normalized spacial score (nSPS) is 11.8. The van der Waals surface area contributed by atoms with Gasteiger partial charge in [0.1, 0.15) is 12.4 Å². The van der Waals surface area contributed by atoms with Crippen molar-refractivity contribution in [1.82, 2.24) is 5.32 Å². The second kappa shape index (κ2) is 7.85. The number of rotatable bonds is 5. The number of halogens is 1. The summed E-state index contributed by atoms with van der Waals surface area (Å²) in [5.74, 6) is -0.962. The number of likely N-dealkylation sites (N-methyl/N-ethyl adjacent to an activating group) is 1. The highest BCUT2D eigenvalue weighted by Crippen LogP contribution is 2.13. The van der Waals surface area contributed by atoms with Gasteiger partial charge in [-0.2, -0.15) is 0 Å². The number of nitrogens with one attached hydrogen (secondary N) is 3. The number of urea groups is 1. The summed E-state index contributed by atoms with van der Waals surface area (Å²) in [6, 6.07) is 7.08. The molecule has 1 aromatic carbocycles. The first-order valence-electron chi connectivity index (χ1n) is 7.15. The molecule has 0 aliphatic heterocycles. The van der Waals surface area contributed by atoms with Gasteiger partial charge in [-0.15, -0.1) is 11.3 Å². The number of benzene rings is 1. The van der Waals surface area contributed by atoms with Crippen LogP contribution in [-0.4, -0.2) is 25.5 Å². The Morgan fingerprint density at radius 1 is 1.26 bits per heavy atom. The highest BCUT2D eigenvalue weighted by molar-refractivity contribution is 7.10. The molecule has 1 heterocycles. The van der Waals surface area contributed by atoms with Crippen molar-refractivity contribution in [3.8, 4) is 0 Å². The average Bonchev–Trinajstić information content (AvgIpc) is 2.86. The average molecular weight is 336 g/mol. The maximum Gasteiger partial charge on any atom is 0.326 e. The first-order chi connectivity index (χ1) is 11.0. The summed E-state index contributed by atoms with van der Waals surface area (Å²) >= 11 is 1.65. The molecule has 0 radical (unpaired) electrons. The van der Waals surface area contributed by atoms with Crippen LogP contribution < -0.4 is 15.5 Å². The van der Waals surface area contributed by atoms with E-state index < -0.39 is 17.8 Å².